The van der Waals surface area contributed by atoms with E-state index in [-0.39, 0.29) is 6.04 Å². The number of nitrogens with zero attached hydrogens (tertiary/aromatic N) is 7. The predicted molar refractivity (Wildman–Crippen MR) is 62.0 cm³/mol. The predicted octanol–water partition coefficient (Wildman–Crippen LogP) is 0.464. The molecular weight excluding hydrogens is 258 g/mol. The Hall–Kier alpha value is -2.29. The van der Waals surface area contributed by atoms with Crippen molar-refractivity contribution in [2.45, 2.75) is 13.0 Å². The number of H-pyrrole nitrogens is 1. The molecule has 0 amide bonds. The van der Waals surface area contributed by atoms with E-state index in [0.29, 0.717) is 22.6 Å². The summed E-state index contributed by atoms with van der Waals surface area (Å²) < 4.78 is 1.54. The van der Waals surface area contributed by atoms with E-state index in [1.165, 1.54) is 6.33 Å². The molecule has 3 aromatic heterocycles. The first-order valence-electron chi connectivity index (χ1n) is 5.10. The number of aromatic amines is 1. The zero-order valence-corrected chi connectivity index (χ0v) is 10.00. The number of tetrazole rings is 1. The van der Waals surface area contributed by atoms with E-state index < -0.39 is 0 Å². The topological polar surface area (TPSA) is 110 Å². The van der Waals surface area contributed by atoms with Crippen molar-refractivity contribution in [1.29, 1.82) is 0 Å². The zero-order valence-electron chi connectivity index (χ0n) is 9.24. The molecule has 0 bridgehead atoms. The summed E-state index contributed by atoms with van der Waals surface area (Å²) in [5.41, 5.74) is 0. The largest absolute Gasteiger partial charge is 0.360 e. The minimum atomic E-state index is -0.158. The lowest BCUT2D eigenvalue weighted by molar-refractivity contribution is 0.774. The molecule has 0 aliphatic carbocycles. The molecule has 3 heterocycles. The van der Waals surface area contributed by atoms with E-state index in [1.807, 2.05) is 6.92 Å². The third-order valence-corrected chi connectivity index (χ3v) is 2.53. The highest BCUT2D eigenvalue weighted by Gasteiger charge is 2.13. The molecule has 0 saturated carbocycles. The highest BCUT2D eigenvalue weighted by Crippen LogP contribution is 2.18. The van der Waals surface area contributed by atoms with Gasteiger partial charge in [0, 0.05) is 6.07 Å². The Balaban J connectivity index is 1.97. The van der Waals surface area contributed by atoms with Crippen molar-refractivity contribution < 1.29 is 0 Å². The van der Waals surface area contributed by atoms with Crippen molar-refractivity contribution in [3.05, 3.63) is 23.4 Å². The molecule has 18 heavy (non-hydrogen) atoms. The summed E-state index contributed by atoms with van der Waals surface area (Å²) in [5, 5.41) is 21.2. The number of halogens is 1. The smallest absolute Gasteiger partial charge is 0.255 e. The molecule has 9 nitrogen and oxygen atoms in total. The number of aromatic nitrogens is 8. The van der Waals surface area contributed by atoms with E-state index in [9.17, 15) is 0 Å². The van der Waals surface area contributed by atoms with Crippen LogP contribution in [0.4, 0.5) is 5.82 Å². The van der Waals surface area contributed by atoms with Gasteiger partial charge in [0.2, 0.25) is 0 Å². The van der Waals surface area contributed by atoms with E-state index >= 15 is 0 Å². The molecule has 1 atom stereocenters. The van der Waals surface area contributed by atoms with Crippen molar-refractivity contribution in [2.24, 2.45) is 0 Å². The van der Waals surface area contributed by atoms with Crippen LogP contribution in [-0.2, 0) is 0 Å². The van der Waals surface area contributed by atoms with E-state index in [1.54, 1.807) is 10.6 Å². The Labute approximate surface area is 106 Å². The lowest BCUT2D eigenvalue weighted by atomic mass is 10.3. The first-order chi connectivity index (χ1) is 8.74. The van der Waals surface area contributed by atoms with Crippen LogP contribution in [0.1, 0.15) is 18.8 Å². The number of fused-ring (bicyclic) bond motifs is 1. The molecule has 0 saturated heterocycles. The van der Waals surface area contributed by atoms with Gasteiger partial charge in [0.15, 0.2) is 5.82 Å². The summed E-state index contributed by atoms with van der Waals surface area (Å²) in [7, 11) is 0. The normalized spacial score (nSPS) is 12.8. The summed E-state index contributed by atoms with van der Waals surface area (Å²) in [6.07, 6.45) is 1.41. The Bertz CT molecular complexity index is 660. The fourth-order valence-electron chi connectivity index (χ4n) is 1.53. The molecule has 0 aliphatic heterocycles. The third kappa shape index (κ3) is 1.84. The molecule has 92 valence electrons. The SMILES string of the molecule is CC(Nc1cc(Cl)nc2ncnn12)c1nn[nH]n1. The van der Waals surface area contributed by atoms with Crippen LogP contribution >= 0.6 is 11.6 Å². The zero-order chi connectivity index (χ0) is 12.5. The highest BCUT2D eigenvalue weighted by atomic mass is 35.5. The number of anilines is 1. The Morgan fingerprint density at radius 1 is 1.50 bits per heavy atom. The fourth-order valence-corrected chi connectivity index (χ4v) is 1.70. The van der Waals surface area contributed by atoms with E-state index in [4.69, 9.17) is 11.6 Å². The average Bonchev–Trinajstić information content (AvgIpc) is 2.98. The van der Waals surface area contributed by atoms with Gasteiger partial charge < -0.3 is 5.32 Å². The summed E-state index contributed by atoms with van der Waals surface area (Å²) >= 11 is 5.91. The number of hydrogen-bond donors (Lipinski definition) is 2. The van der Waals surface area contributed by atoms with Gasteiger partial charge in [-0.1, -0.05) is 16.8 Å². The second kappa shape index (κ2) is 4.18. The van der Waals surface area contributed by atoms with E-state index in [2.05, 4.69) is 41.0 Å². The molecule has 10 heteroatoms. The first kappa shape index (κ1) is 10.8. The molecule has 3 rings (SSSR count). The van der Waals surface area contributed by atoms with Gasteiger partial charge in [-0.05, 0) is 6.92 Å². The minimum absolute atomic E-state index is 0.158. The molecule has 0 spiro atoms. The van der Waals surface area contributed by atoms with Crippen LogP contribution in [0.5, 0.6) is 0 Å². The molecule has 0 fully saturated rings. The highest BCUT2D eigenvalue weighted by molar-refractivity contribution is 6.29. The second-order valence-electron chi connectivity index (χ2n) is 3.57. The van der Waals surface area contributed by atoms with Crippen molar-refractivity contribution in [2.75, 3.05) is 5.32 Å². The quantitative estimate of drug-likeness (QED) is 0.662. The fraction of sp³-hybridized carbons (Fsp3) is 0.250. The van der Waals surface area contributed by atoms with Crippen LogP contribution in [0.25, 0.3) is 5.78 Å². The van der Waals surface area contributed by atoms with Crippen LogP contribution in [0.2, 0.25) is 5.15 Å². The molecule has 0 aromatic carbocycles. The van der Waals surface area contributed by atoms with Crippen LogP contribution in [0.3, 0.4) is 0 Å². The van der Waals surface area contributed by atoms with Crippen LogP contribution in [0, 0.1) is 0 Å². The summed E-state index contributed by atoms with van der Waals surface area (Å²) in [6.45, 7) is 1.89. The number of hydrogen-bond acceptors (Lipinski definition) is 7. The molecule has 3 aromatic rings. The van der Waals surface area contributed by atoms with Crippen LogP contribution in [0.15, 0.2) is 12.4 Å². The first-order valence-corrected chi connectivity index (χ1v) is 5.48. The maximum absolute atomic E-state index is 5.91. The second-order valence-corrected chi connectivity index (χ2v) is 3.96. The maximum atomic E-state index is 5.91. The molecule has 0 aliphatic rings. The summed E-state index contributed by atoms with van der Waals surface area (Å²) in [6, 6.07) is 1.49. The molecule has 1 unspecified atom stereocenters. The Morgan fingerprint density at radius 2 is 2.39 bits per heavy atom. The van der Waals surface area contributed by atoms with Crippen molar-refractivity contribution in [1.82, 2.24) is 40.2 Å². The molecule has 0 radical (unpaired) electrons. The molecular formula is C8H8ClN9. The molecule has 2 N–H and O–H groups in total. The van der Waals surface area contributed by atoms with Crippen molar-refractivity contribution in [3.8, 4) is 0 Å². The van der Waals surface area contributed by atoms with Crippen molar-refractivity contribution in [3.63, 3.8) is 0 Å². The van der Waals surface area contributed by atoms with Gasteiger partial charge >= 0.3 is 0 Å². The van der Waals surface area contributed by atoms with Crippen LogP contribution in [-0.4, -0.2) is 40.2 Å². The van der Waals surface area contributed by atoms with Gasteiger partial charge in [-0.25, -0.2) is 0 Å². The monoisotopic (exact) mass is 265 g/mol. The summed E-state index contributed by atoms with van der Waals surface area (Å²) in [5.74, 6) is 1.61. The van der Waals surface area contributed by atoms with Gasteiger partial charge in [0.1, 0.15) is 17.3 Å². The lowest BCUT2D eigenvalue weighted by Crippen LogP contribution is -2.12. The Kier molecular flexibility index (Phi) is 2.52. The van der Waals surface area contributed by atoms with Crippen molar-refractivity contribution >= 4 is 23.2 Å². The van der Waals surface area contributed by atoms with Gasteiger partial charge in [0.05, 0.1) is 6.04 Å². The van der Waals surface area contributed by atoms with Gasteiger partial charge in [-0.15, -0.1) is 10.2 Å². The minimum Gasteiger partial charge on any atom is -0.360 e. The van der Waals surface area contributed by atoms with E-state index in [0.717, 1.165) is 0 Å². The van der Waals surface area contributed by atoms with Crippen LogP contribution < -0.4 is 5.32 Å². The van der Waals surface area contributed by atoms with Gasteiger partial charge in [-0.3, -0.25) is 0 Å². The number of rotatable bonds is 3. The maximum Gasteiger partial charge on any atom is 0.255 e. The third-order valence-electron chi connectivity index (χ3n) is 2.33. The average molecular weight is 266 g/mol. The standard InChI is InChI=1S/C8H8ClN9/c1-4(7-14-16-17-15-7)12-6-2-5(9)13-8-10-3-11-18(6)8/h2-4,12H,1H3,(H,14,15,16,17). The summed E-state index contributed by atoms with van der Waals surface area (Å²) in [4.78, 5) is 8.01. The number of nitrogens with one attached hydrogen (secondary N) is 2. The Morgan fingerprint density at radius 3 is 3.17 bits per heavy atom. The lowest BCUT2D eigenvalue weighted by Gasteiger charge is -2.12. The van der Waals surface area contributed by atoms with Gasteiger partial charge in [-0.2, -0.15) is 24.8 Å². The van der Waals surface area contributed by atoms with Gasteiger partial charge in [0.25, 0.3) is 5.78 Å².